The van der Waals surface area contributed by atoms with Crippen LogP contribution in [0, 0.1) is 19.8 Å². The van der Waals surface area contributed by atoms with Gasteiger partial charge in [0.25, 0.3) is 0 Å². The maximum Gasteiger partial charge on any atom is 0.136 e. The highest BCUT2D eigenvalue weighted by Gasteiger charge is 2.22. The van der Waals surface area contributed by atoms with Crippen LogP contribution in [0.5, 0.6) is 0 Å². The summed E-state index contributed by atoms with van der Waals surface area (Å²) in [5.41, 5.74) is 4.02. The molecule has 1 fully saturated rings. The van der Waals surface area contributed by atoms with E-state index in [2.05, 4.69) is 32.0 Å². The molecule has 1 heteroatoms. The Morgan fingerprint density at radius 3 is 2.35 bits per heavy atom. The van der Waals surface area contributed by atoms with Crippen LogP contribution in [0.25, 0.3) is 0 Å². The summed E-state index contributed by atoms with van der Waals surface area (Å²) in [4.78, 5) is 12.0. The van der Waals surface area contributed by atoms with Gasteiger partial charge in [-0.05, 0) is 49.8 Å². The molecule has 0 unspecified atom stereocenters. The van der Waals surface area contributed by atoms with Crippen molar-refractivity contribution in [2.45, 2.75) is 52.4 Å². The second-order valence-electron chi connectivity index (χ2n) is 5.32. The number of benzene rings is 1. The van der Waals surface area contributed by atoms with E-state index in [9.17, 15) is 4.79 Å². The molecule has 0 bridgehead atoms. The van der Waals surface area contributed by atoms with Gasteiger partial charge in [0.1, 0.15) is 5.78 Å². The Morgan fingerprint density at radius 2 is 1.76 bits per heavy atom. The van der Waals surface area contributed by atoms with Crippen molar-refractivity contribution in [1.29, 1.82) is 0 Å². The van der Waals surface area contributed by atoms with Gasteiger partial charge in [-0.1, -0.05) is 31.0 Å². The lowest BCUT2D eigenvalue weighted by molar-refractivity contribution is -0.122. The quantitative estimate of drug-likeness (QED) is 0.764. The smallest absolute Gasteiger partial charge is 0.136 e. The first kappa shape index (κ1) is 12.3. The van der Waals surface area contributed by atoms with Crippen LogP contribution >= 0.6 is 0 Å². The van der Waals surface area contributed by atoms with Crippen LogP contribution in [0.2, 0.25) is 0 Å². The standard InChI is InChI=1S/C16H22O/c1-12-6-5-7-13(2)15(12)10-11-16(17)14-8-3-4-9-14/h5-7,14H,3-4,8-11H2,1-2H3. The molecule has 1 saturated carbocycles. The molecule has 1 aliphatic carbocycles. The molecule has 0 aromatic heterocycles. The van der Waals surface area contributed by atoms with Crippen molar-refractivity contribution in [1.82, 2.24) is 0 Å². The molecule has 17 heavy (non-hydrogen) atoms. The molecule has 1 aliphatic rings. The molecule has 0 atom stereocenters. The van der Waals surface area contributed by atoms with Crippen LogP contribution < -0.4 is 0 Å². The minimum absolute atomic E-state index is 0.374. The summed E-state index contributed by atoms with van der Waals surface area (Å²) >= 11 is 0. The van der Waals surface area contributed by atoms with Crippen LogP contribution in [-0.2, 0) is 11.2 Å². The first-order valence-electron chi connectivity index (χ1n) is 6.76. The number of rotatable bonds is 4. The van der Waals surface area contributed by atoms with E-state index in [4.69, 9.17) is 0 Å². The van der Waals surface area contributed by atoms with E-state index in [0.29, 0.717) is 11.7 Å². The number of hydrogen-bond acceptors (Lipinski definition) is 1. The zero-order valence-corrected chi connectivity index (χ0v) is 11.0. The topological polar surface area (TPSA) is 17.1 Å². The average molecular weight is 230 g/mol. The molecular weight excluding hydrogens is 208 g/mol. The molecule has 0 N–H and O–H groups in total. The highest BCUT2D eigenvalue weighted by Crippen LogP contribution is 2.27. The van der Waals surface area contributed by atoms with E-state index >= 15 is 0 Å². The van der Waals surface area contributed by atoms with Crippen molar-refractivity contribution in [2.75, 3.05) is 0 Å². The van der Waals surface area contributed by atoms with Gasteiger partial charge in [-0.25, -0.2) is 0 Å². The molecule has 0 spiro atoms. The van der Waals surface area contributed by atoms with E-state index < -0.39 is 0 Å². The van der Waals surface area contributed by atoms with Crippen LogP contribution in [0.15, 0.2) is 18.2 Å². The summed E-state index contributed by atoms with van der Waals surface area (Å²) in [5, 5.41) is 0. The Balaban J connectivity index is 1.95. The number of carbonyl (C=O) groups excluding carboxylic acids is 1. The molecule has 92 valence electrons. The fraction of sp³-hybridized carbons (Fsp3) is 0.562. The van der Waals surface area contributed by atoms with Crippen molar-refractivity contribution >= 4 is 5.78 Å². The lowest BCUT2D eigenvalue weighted by Crippen LogP contribution is -2.12. The van der Waals surface area contributed by atoms with Gasteiger partial charge in [0.15, 0.2) is 0 Å². The zero-order valence-electron chi connectivity index (χ0n) is 11.0. The number of Topliss-reactive ketones (excluding diaryl/α,β-unsaturated/α-hetero) is 1. The molecule has 0 amide bonds. The lowest BCUT2D eigenvalue weighted by Gasteiger charge is -2.11. The van der Waals surface area contributed by atoms with Crippen LogP contribution in [-0.4, -0.2) is 5.78 Å². The molecule has 0 saturated heterocycles. The fourth-order valence-corrected chi connectivity index (χ4v) is 2.94. The molecule has 1 nitrogen and oxygen atoms in total. The van der Waals surface area contributed by atoms with Gasteiger partial charge in [0.05, 0.1) is 0 Å². The normalized spacial score (nSPS) is 16.4. The van der Waals surface area contributed by atoms with E-state index in [1.165, 1.54) is 29.5 Å². The van der Waals surface area contributed by atoms with Gasteiger partial charge in [-0.3, -0.25) is 4.79 Å². The SMILES string of the molecule is Cc1cccc(C)c1CCC(=O)C1CCCC1. The third-order valence-electron chi connectivity index (χ3n) is 4.08. The Bertz CT molecular complexity index is 380. The Labute approximate surface area is 104 Å². The highest BCUT2D eigenvalue weighted by molar-refractivity contribution is 5.81. The third-order valence-corrected chi connectivity index (χ3v) is 4.08. The average Bonchev–Trinajstić information content (AvgIpc) is 2.81. The third kappa shape index (κ3) is 2.96. The Morgan fingerprint density at radius 1 is 1.18 bits per heavy atom. The summed E-state index contributed by atoms with van der Waals surface area (Å²) in [6, 6.07) is 6.37. The van der Waals surface area contributed by atoms with E-state index in [-0.39, 0.29) is 0 Å². The first-order chi connectivity index (χ1) is 8.18. The molecule has 0 aliphatic heterocycles. The summed E-state index contributed by atoms with van der Waals surface area (Å²) < 4.78 is 0. The molecule has 0 heterocycles. The fourth-order valence-electron chi connectivity index (χ4n) is 2.94. The summed E-state index contributed by atoms with van der Waals surface area (Å²) in [6.45, 7) is 4.28. The zero-order chi connectivity index (χ0) is 12.3. The van der Waals surface area contributed by atoms with Gasteiger partial charge in [-0.2, -0.15) is 0 Å². The first-order valence-corrected chi connectivity index (χ1v) is 6.76. The Kier molecular flexibility index (Phi) is 3.98. The molecule has 1 aromatic carbocycles. The van der Waals surface area contributed by atoms with Crippen molar-refractivity contribution in [3.63, 3.8) is 0 Å². The van der Waals surface area contributed by atoms with E-state index in [0.717, 1.165) is 25.7 Å². The number of aryl methyl sites for hydroxylation is 2. The predicted octanol–water partition coefficient (Wildman–Crippen LogP) is 4.00. The second kappa shape index (κ2) is 5.48. The van der Waals surface area contributed by atoms with Crippen LogP contribution in [0.4, 0.5) is 0 Å². The number of carbonyl (C=O) groups is 1. The van der Waals surface area contributed by atoms with Crippen molar-refractivity contribution < 1.29 is 4.79 Å². The van der Waals surface area contributed by atoms with E-state index in [1.807, 2.05) is 0 Å². The van der Waals surface area contributed by atoms with Crippen LogP contribution in [0.3, 0.4) is 0 Å². The van der Waals surface area contributed by atoms with Crippen molar-refractivity contribution in [2.24, 2.45) is 5.92 Å². The molecule has 2 rings (SSSR count). The predicted molar refractivity (Wildman–Crippen MR) is 71.2 cm³/mol. The van der Waals surface area contributed by atoms with Gasteiger partial charge in [0.2, 0.25) is 0 Å². The lowest BCUT2D eigenvalue weighted by atomic mass is 9.93. The van der Waals surface area contributed by atoms with Crippen molar-refractivity contribution in [3.05, 3.63) is 34.9 Å². The van der Waals surface area contributed by atoms with E-state index in [1.54, 1.807) is 0 Å². The Hall–Kier alpha value is -1.11. The molecule has 1 aromatic rings. The second-order valence-corrected chi connectivity index (χ2v) is 5.32. The maximum absolute atomic E-state index is 12.0. The molecular formula is C16H22O. The minimum Gasteiger partial charge on any atom is -0.299 e. The summed E-state index contributed by atoms with van der Waals surface area (Å²) in [6.07, 6.45) is 6.42. The van der Waals surface area contributed by atoms with Gasteiger partial charge in [-0.15, -0.1) is 0 Å². The monoisotopic (exact) mass is 230 g/mol. The van der Waals surface area contributed by atoms with Gasteiger partial charge < -0.3 is 0 Å². The van der Waals surface area contributed by atoms with Gasteiger partial charge >= 0.3 is 0 Å². The number of hydrogen-bond donors (Lipinski definition) is 0. The summed E-state index contributed by atoms with van der Waals surface area (Å²) in [5.74, 6) is 0.865. The van der Waals surface area contributed by atoms with Crippen molar-refractivity contribution in [3.8, 4) is 0 Å². The van der Waals surface area contributed by atoms with Crippen LogP contribution in [0.1, 0.15) is 48.8 Å². The van der Waals surface area contributed by atoms with Gasteiger partial charge in [0, 0.05) is 12.3 Å². The number of ketones is 1. The molecule has 0 radical (unpaired) electrons. The maximum atomic E-state index is 12.0. The summed E-state index contributed by atoms with van der Waals surface area (Å²) in [7, 11) is 0. The highest BCUT2D eigenvalue weighted by atomic mass is 16.1. The minimum atomic E-state index is 0.374. The largest absolute Gasteiger partial charge is 0.299 e.